The summed E-state index contributed by atoms with van der Waals surface area (Å²) in [5.74, 6) is 0.536. The Labute approximate surface area is 123 Å². The minimum absolute atomic E-state index is 0.177. The smallest absolute Gasteiger partial charge is 0.279 e. The van der Waals surface area contributed by atoms with E-state index < -0.39 is 9.85 Å². The van der Waals surface area contributed by atoms with Crippen molar-refractivity contribution in [1.29, 1.82) is 0 Å². The van der Waals surface area contributed by atoms with E-state index in [1.807, 2.05) is 7.05 Å². The number of aryl methyl sites for hydroxylation is 1. The van der Waals surface area contributed by atoms with Gasteiger partial charge in [-0.1, -0.05) is 13.8 Å². The summed E-state index contributed by atoms with van der Waals surface area (Å²) in [7, 11) is 1.87. The molecule has 0 aliphatic rings. The molecule has 1 unspecified atom stereocenters. The van der Waals surface area contributed by atoms with Crippen LogP contribution in [0.4, 0.5) is 11.4 Å². The first kappa shape index (κ1) is 17.0. The summed E-state index contributed by atoms with van der Waals surface area (Å²) >= 11 is 0. The number of non-ortho nitro benzene ring substituents is 1. The van der Waals surface area contributed by atoms with Crippen molar-refractivity contribution in [1.82, 2.24) is 5.32 Å². The van der Waals surface area contributed by atoms with Crippen LogP contribution in [0, 0.1) is 26.1 Å². The highest BCUT2D eigenvalue weighted by Gasteiger charge is 2.20. The topological polar surface area (TPSA) is 98.3 Å². The normalized spacial score (nSPS) is 12.4. The van der Waals surface area contributed by atoms with Crippen LogP contribution < -0.4 is 5.32 Å². The van der Waals surface area contributed by atoms with E-state index in [9.17, 15) is 20.2 Å². The average molecular weight is 295 g/mol. The van der Waals surface area contributed by atoms with Gasteiger partial charge in [0.05, 0.1) is 15.9 Å². The third kappa shape index (κ3) is 5.11. The average Bonchev–Trinajstić information content (AvgIpc) is 2.42. The van der Waals surface area contributed by atoms with Gasteiger partial charge in [-0.15, -0.1) is 0 Å². The zero-order valence-electron chi connectivity index (χ0n) is 12.5. The van der Waals surface area contributed by atoms with Crippen molar-refractivity contribution in [2.75, 3.05) is 7.05 Å². The first-order valence-electron chi connectivity index (χ1n) is 6.94. The quantitative estimate of drug-likeness (QED) is 0.587. The molecule has 0 aliphatic heterocycles. The molecule has 0 fully saturated rings. The molecule has 0 bridgehead atoms. The van der Waals surface area contributed by atoms with E-state index in [2.05, 4.69) is 19.2 Å². The number of nitro benzene ring substituents is 2. The molecule has 1 rings (SSSR count). The number of rotatable bonds is 8. The second-order valence-electron chi connectivity index (χ2n) is 5.48. The van der Waals surface area contributed by atoms with Gasteiger partial charge in [0.2, 0.25) is 0 Å². The van der Waals surface area contributed by atoms with Gasteiger partial charge in [0.1, 0.15) is 0 Å². The number of hydrogen-bond donors (Lipinski definition) is 1. The summed E-state index contributed by atoms with van der Waals surface area (Å²) < 4.78 is 0. The Morgan fingerprint density at radius 3 is 2.33 bits per heavy atom. The molecule has 7 heteroatoms. The molecule has 116 valence electrons. The van der Waals surface area contributed by atoms with Crippen LogP contribution in [0.15, 0.2) is 18.2 Å². The van der Waals surface area contributed by atoms with Crippen LogP contribution in [-0.4, -0.2) is 22.9 Å². The highest BCUT2D eigenvalue weighted by Crippen LogP contribution is 2.26. The molecule has 0 saturated carbocycles. The molecule has 21 heavy (non-hydrogen) atoms. The van der Waals surface area contributed by atoms with Crippen molar-refractivity contribution in [2.45, 2.75) is 39.2 Å². The molecule has 7 nitrogen and oxygen atoms in total. The van der Waals surface area contributed by atoms with Crippen molar-refractivity contribution in [2.24, 2.45) is 5.92 Å². The molecule has 1 aromatic carbocycles. The lowest BCUT2D eigenvalue weighted by Crippen LogP contribution is -2.27. The molecule has 0 aliphatic carbocycles. The van der Waals surface area contributed by atoms with E-state index in [1.54, 1.807) is 0 Å². The zero-order valence-corrected chi connectivity index (χ0v) is 12.5. The molecule has 1 aromatic rings. The Balaban J connectivity index is 2.87. The molecule has 0 saturated heterocycles. The summed E-state index contributed by atoms with van der Waals surface area (Å²) in [6.45, 7) is 4.25. The van der Waals surface area contributed by atoms with E-state index in [0.29, 0.717) is 17.9 Å². The minimum Gasteiger partial charge on any atom is -0.317 e. The Morgan fingerprint density at radius 2 is 1.86 bits per heavy atom. The fourth-order valence-corrected chi connectivity index (χ4v) is 2.33. The maximum Gasteiger partial charge on any atom is 0.279 e. The lowest BCUT2D eigenvalue weighted by atomic mass is 9.97. The van der Waals surface area contributed by atoms with Gasteiger partial charge in [-0.25, -0.2) is 0 Å². The molecule has 0 amide bonds. The molecular formula is C14H21N3O4. The first-order valence-corrected chi connectivity index (χ1v) is 6.94. The highest BCUT2D eigenvalue weighted by molar-refractivity contribution is 5.49. The zero-order chi connectivity index (χ0) is 16.0. The number of nitro groups is 2. The van der Waals surface area contributed by atoms with Crippen molar-refractivity contribution >= 4 is 11.4 Å². The molecular weight excluding hydrogens is 274 g/mol. The van der Waals surface area contributed by atoms with Crippen molar-refractivity contribution < 1.29 is 9.85 Å². The third-order valence-electron chi connectivity index (χ3n) is 3.40. The summed E-state index contributed by atoms with van der Waals surface area (Å²) in [6.07, 6.45) is 2.26. The maximum absolute atomic E-state index is 11.1. The van der Waals surface area contributed by atoms with Crippen molar-refractivity contribution in [3.05, 3.63) is 44.0 Å². The predicted octanol–water partition coefficient (Wildman–Crippen LogP) is 3.07. The number of benzene rings is 1. The van der Waals surface area contributed by atoms with E-state index >= 15 is 0 Å². The predicted molar refractivity (Wildman–Crippen MR) is 80.4 cm³/mol. The Kier molecular flexibility index (Phi) is 6.23. The van der Waals surface area contributed by atoms with Crippen LogP contribution in [0.3, 0.4) is 0 Å². The van der Waals surface area contributed by atoms with Crippen LogP contribution >= 0.6 is 0 Å². The largest absolute Gasteiger partial charge is 0.317 e. The Hall–Kier alpha value is -2.02. The summed E-state index contributed by atoms with van der Waals surface area (Å²) in [4.78, 5) is 20.6. The molecule has 1 atom stereocenters. The maximum atomic E-state index is 11.1. The van der Waals surface area contributed by atoms with Gasteiger partial charge in [-0.05, 0) is 38.3 Å². The van der Waals surface area contributed by atoms with E-state index in [1.165, 1.54) is 12.1 Å². The lowest BCUT2D eigenvalue weighted by Gasteiger charge is -2.18. The summed E-state index contributed by atoms with van der Waals surface area (Å²) in [5.41, 5.74) is 0.107. The van der Waals surface area contributed by atoms with Crippen LogP contribution in [0.5, 0.6) is 0 Å². The number of nitrogens with one attached hydrogen (secondary N) is 1. The Morgan fingerprint density at radius 1 is 1.19 bits per heavy atom. The van der Waals surface area contributed by atoms with Gasteiger partial charge in [0, 0.05) is 17.7 Å². The van der Waals surface area contributed by atoms with Crippen molar-refractivity contribution in [3.8, 4) is 0 Å². The Bertz CT molecular complexity index is 517. The number of nitrogens with zero attached hydrogens (tertiary/aromatic N) is 2. The van der Waals surface area contributed by atoms with Gasteiger partial charge >= 0.3 is 0 Å². The summed E-state index contributed by atoms with van der Waals surface area (Å²) in [6, 6.07) is 4.11. The van der Waals surface area contributed by atoms with Gasteiger partial charge < -0.3 is 5.32 Å². The van der Waals surface area contributed by atoms with E-state index in [4.69, 9.17) is 0 Å². The van der Waals surface area contributed by atoms with Gasteiger partial charge in [-0.3, -0.25) is 20.2 Å². The van der Waals surface area contributed by atoms with Gasteiger partial charge in [0.25, 0.3) is 11.4 Å². The van der Waals surface area contributed by atoms with Crippen LogP contribution in [0.25, 0.3) is 0 Å². The molecule has 0 radical (unpaired) electrons. The fourth-order valence-electron chi connectivity index (χ4n) is 2.33. The van der Waals surface area contributed by atoms with Crippen molar-refractivity contribution in [3.63, 3.8) is 0 Å². The molecule has 0 aromatic heterocycles. The second kappa shape index (κ2) is 7.68. The van der Waals surface area contributed by atoms with Gasteiger partial charge in [-0.2, -0.15) is 0 Å². The first-order chi connectivity index (χ1) is 9.85. The minimum atomic E-state index is -0.619. The summed E-state index contributed by atoms with van der Waals surface area (Å²) in [5, 5.41) is 25.0. The number of hydrogen-bond acceptors (Lipinski definition) is 5. The third-order valence-corrected chi connectivity index (χ3v) is 3.40. The van der Waals surface area contributed by atoms with Crippen LogP contribution in [0.1, 0.15) is 32.3 Å². The fraction of sp³-hybridized carbons (Fsp3) is 0.571. The molecule has 1 N–H and O–H groups in total. The lowest BCUT2D eigenvalue weighted by molar-refractivity contribution is -0.394. The second-order valence-corrected chi connectivity index (χ2v) is 5.48. The SMILES string of the molecule is CNC(CCc1ccc([N+](=O)[O-])cc1[N+](=O)[O-])CC(C)C. The molecule has 0 heterocycles. The van der Waals surface area contributed by atoms with Gasteiger partial charge in [0.15, 0.2) is 0 Å². The standard InChI is InChI=1S/C14H21N3O4/c1-10(2)8-12(15-3)6-4-11-5-7-13(16(18)19)9-14(11)17(20)21/h5,7,9-10,12,15H,4,6,8H2,1-3H3. The van der Waals surface area contributed by atoms with Crippen LogP contribution in [-0.2, 0) is 6.42 Å². The monoisotopic (exact) mass is 295 g/mol. The van der Waals surface area contributed by atoms with E-state index in [-0.39, 0.29) is 17.4 Å². The highest BCUT2D eigenvalue weighted by atomic mass is 16.6. The van der Waals surface area contributed by atoms with E-state index in [0.717, 1.165) is 18.9 Å². The van der Waals surface area contributed by atoms with Crippen LogP contribution in [0.2, 0.25) is 0 Å². The molecule has 0 spiro atoms.